The van der Waals surface area contributed by atoms with Crippen LogP contribution in [0, 0.1) is 0 Å². The van der Waals surface area contributed by atoms with E-state index < -0.39 is 12.2 Å². The SMILES string of the molecule is C=C/C=C\C(=C/CF)C(C)(C)N. The van der Waals surface area contributed by atoms with Crippen molar-refractivity contribution >= 4 is 0 Å². The highest BCUT2D eigenvalue weighted by Crippen LogP contribution is 2.13. The molecule has 0 aliphatic heterocycles. The van der Waals surface area contributed by atoms with Gasteiger partial charge in [0.25, 0.3) is 0 Å². The van der Waals surface area contributed by atoms with Gasteiger partial charge in [0.05, 0.1) is 0 Å². The van der Waals surface area contributed by atoms with E-state index in [0.29, 0.717) is 0 Å². The lowest BCUT2D eigenvalue weighted by Crippen LogP contribution is -2.33. The fourth-order valence-corrected chi connectivity index (χ4v) is 0.801. The van der Waals surface area contributed by atoms with E-state index in [2.05, 4.69) is 6.58 Å². The van der Waals surface area contributed by atoms with Crippen molar-refractivity contribution in [3.63, 3.8) is 0 Å². The summed E-state index contributed by atoms with van der Waals surface area (Å²) in [5, 5.41) is 0. The molecule has 12 heavy (non-hydrogen) atoms. The molecule has 0 spiro atoms. The average molecular weight is 169 g/mol. The van der Waals surface area contributed by atoms with Crippen LogP contribution >= 0.6 is 0 Å². The van der Waals surface area contributed by atoms with Gasteiger partial charge in [-0.25, -0.2) is 4.39 Å². The second-order valence-electron chi connectivity index (χ2n) is 3.13. The quantitative estimate of drug-likeness (QED) is 0.642. The second kappa shape index (κ2) is 4.88. The van der Waals surface area contributed by atoms with Crippen LogP contribution in [0.2, 0.25) is 0 Å². The Morgan fingerprint density at radius 2 is 2.17 bits per heavy atom. The lowest BCUT2D eigenvalue weighted by atomic mass is 9.94. The first kappa shape index (κ1) is 11.1. The Hall–Kier alpha value is -0.890. The molecule has 68 valence electrons. The van der Waals surface area contributed by atoms with E-state index in [1.807, 2.05) is 13.8 Å². The maximum Gasteiger partial charge on any atom is 0.108 e. The molecule has 1 nitrogen and oxygen atoms in total. The Bertz CT molecular complexity index is 196. The molecule has 0 aromatic carbocycles. The highest BCUT2D eigenvalue weighted by atomic mass is 19.1. The molecule has 2 heteroatoms. The van der Waals surface area contributed by atoms with Crippen molar-refractivity contribution < 1.29 is 4.39 Å². The van der Waals surface area contributed by atoms with Gasteiger partial charge in [-0.05, 0) is 25.5 Å². The zero-order valence-corrected chi connectivity index (χ0v) is 7.68. The third kappa shape index (κ3) is 4.09. The first-order valence-corrected chi connectivity index (χ1v) is 3.87. The average Bonchev–Trinajstić information content (AvgIpc) is 1.95. The van der Waals surface area contributed by atoms with Crippen LogP contribution in [-0.4, -0.2) is 12.2 Å². The summed E-state index contributed by atoms with van der Waals surface area (Å²) >= 11 is 0. The Labute approximate surface area is 73.5 Å². The summed E-state index contributed by atoms with van der Waals surface area (Å²) in [5.74, 6) is 0. The molecular formula is C10H16FN. The standard InChI is InChI=1S/C10H16FN/c1-4-5-6-9(7-8-11)10(2,3)12/h4-7H,1,8,12H2,2-3H3/b6-5-,9-7+. The van der Waals surface area contributed by atoms with Gasteiger partial charge in [-0.1, -0.05) is 24.8 Å². The van der Waals surface area contributed by atoms with Gasteiger partial charge in [0, 0.05) is 5.54 Å². The molecule has 0 rings (SSSR count). The van der Waals surface area contributed by atoms with Crippen LogP contribution in [0.4, 0.5) is 4.39 Å². The number of rotatable bonds is 4. The Morgan fingerprint density at radius 1 is 1.58 bits per heavy atom. The molecular weight excluding hydrogens is 153 g/mol. The van der Waals surface area contributed by atoms with Crippen LogP contribution in [0.25, 0.3) is 0 Å². The monoisotopic (exact) mass is 169 g/mol. The number of hydrogen-bond donors (Lipinski definition) is 1. The summed E-state index contributed by atoms with van der Waals surface area (Å²) in [6.45, 7) is 6.71. The summed E-state index contributed by atoms with van der Waals surface area (Å²) in [5.41, 5.74) is 6.07. The van der Waals surface area contributed by atoms with Crippen molar-refractivity contribution in [1.29, 1.82) is 0 Å². The van der Waals surface area contributed by atoms with Crippen molar-refractivity contribution in [2.24, 2.45) is 5.73 Å². The minimum atomic E-state index is -0.494. The van der Waals surface area contributed by atoms with Gasteiger partial charge in [-0.2, -0.15) is 0 Å². The fourth-order valence-electron chi connectivity index (χ4n) is 0.801. The second-order valence-corrected chi connectivity index (χ2v) is 3.13. The van der Waals surface area contributed by atoms with E-state index in [-0.39, 0.29) is 0 Å². The minimum Gasteiger partial charge on any atom is -0.322 e. The van der Waals surface area contributed by atoms with Gasteiger partial charge in [0.2, 0.25) is 0 Å². The first-order chi connectivity index (χ1) is 5.52. The molecule has 0 bridgehead atoms. The Kier molecular flexibility index (Phi) is 4.52. The van der Waals surface area contributed by atoms with Crippen molar-refractivity contribution in [2.45, 2.75) is 19.4 Å². The maximum atomic E-state index is 12.0. The van der Waals surface area contributed by atoms with E-state index in [1.165, 1.54) is 6.08 Å². The molecule has 0 unspecified atom stereocenters. The molecule has 0 fully saturated rings. The van der Waals surface area contributed by atoms with E-state index >= 15 is 0 Å². The number of hydrogen-bond acceptors (Lipinski definition) is 1. The Morgan fingerprint density at radius 3 is 2.50 bits per heavy atom. The highest BCUT2D eigenvalue weighted by molar-refractivity contribution is 5.30. The van der Waals surface area contributed by atoms with Crippen molar-refractivity contribution in [1.82, 2.24) is 0 Å². The Balaban J connectivity index is 4.56. The molecule has 2 N–H and O–H groups in total. The molecule has 0 aromatic heterocycles. The minimum absolute atomic E-state index is 0.489. The third-order valence-corrected chi connectivity index (χ3v) is 1.45. The van der Waals surface area contributed by atoms with Gasteiger partial charge in [-0.15, -0.1) is 0 Å². The van der Waals surface area contributed by atoms with Crippen molar-refractivity contribution in [3.05, 3.63) is 36.5 Å². The predicted octanol–water partition coefficient (Wildman–Crippen LogP) is 2.36. The summed E-state index contributed by atoms with van der Waals surface area (Å²) in [6, 6.07) is 0. The van der Waals surface area contributed by atoms with E-state index in [0.717, 1.165) is 5.57 Å². The number of alkyl halides is 1. The van der Waals surface area contributed by atoms with Gasteiger partial charge in [0.1, 0.15) is 6.67 Å². The zero-order valence-electron chi connectivity index (χ0n) is 7.68. The normalized spacial score (nSPS) is 13.8. The molecule has 0 heterocycles. The van der Waals surface area contributed by atoms with Crippen LogP contribution in [0.3, 0.4) is 0 Å². The summed E-state index contributed by atoms with van der Waals surface area (Å²) in [4.78, 5) is 0. The van der Waals surface area contributed by atoms with Crippen LogP contribution in [0.15, 0.2) is 36.5 Å². The lowest BCUT2D eigenvalue weighted by molar-refractivity contribution is 0.548. The number of allylic oxidation sites excluding steroid dienone is 3. The summed E-state index contributed by atoms with van der Waals surface area (Å²) < 4.78 is 12.0. The van der Waals surface area contributed by atoms with Crippen molar-refractivity contribution in [3.8, 4) is 0 Å². The molecule has 0 aliphatic carbocycles. The fraction of sp³-hybridized carbons (Fsp3) is 0.400. The largest absolute Gasteiger partial charge is 0.322 e. The van der Waals surface area contributed by atoms with Crippen molar-refractivity contribution in [2.75, 3.05) is 6.67 Å². The van der Waals surface area contributed by atoms with E-state index in [9.17, 15) is 4.39 Å². The number of halogens is 1. The molecule has 0 radical (unpaired) electrons. The molecule has 0 saturated carbocycles. The lowest BCUT2D eigenvalue weighted by Gasteiger charge is -2.19. The van der Waals surface area contributed by atoms with Gasteiger partial charge in [-0.3, -0.25) is 0 Å². The van der Waals surface area contributed by atoms with E-state index in [4.69, 9.17) is 5.73 Å². The van der Waals surface area contributed by atoms with Gasteiger partial charge >= 0.3 is 0 Å². The zero-order chi connectivity index (χ0) is 9.61. The predicted molar refractivity (Wildman–Crippen MR) is 51.7 cm³/mol. The topological polar surface area (TPSA) is 26.0 Å². The molecule has 0 aliphatic rings. The van der Waals surface area contributed by atoms with Crippen LogP contribution in [0.1, 0.15) is 13.8 Å². The summed E-state index contributed by atoms with van der Waals surface area (Å²) in [7, 11) is 0. The first-order valence-electron chi connectivity index (χ1n) is 3.87. The molecule has 0 aromatic rings. The number of nitrogens with two attached hydrogens (primary N) is 1. The molecule has 0 atom stereocenters. The van der Waals surface area contributed by atoms with Crippen LogP contribution < -0.4 is 5.73 Å². The maximum absolute atomic E-state index is 12.0. The third-order valence-electron chi connectivity index (χ3n) is 1.45. The summed E-state index contributed by atoms with van der Waals surface area (Å²) in [6.07, 6.45) is 6.63. The van der Waals surface area contributed by atoms with Gasteiger partial charge < -0.3 is 5.73 Å². The smallest absolute Gasteiger partial charge is 0.108 e. The molecule has 0 saturated heterocycles. The van der Waals surface area contributed by atoms with E-state index in [1.54, 1.807) is 18.2 Å². The van der Waals surface area contributed by atoms with Crippen LogP contribution in [0.5, 0.6) is 0 Å². The highest BCUT2D eigenvalue weighted by Gasteiger charge is 2.13. The molecule has 0 amide bonds. The van der Waals surface area contributed by atoms with Crippen LogP contribution in [-0.2, 0) is 0 Å². The van der Waals surface area contributed by atoms with Gasteiger partial charge in [0.15, 0.2) is 0 Å².